The summed E-state index contributed by atoms with van der Waals surface area (Å²) in [4.78, 5) is 38.0. The van der Waals surface area contributed by atoms with E-state index in [-0.39, 0.29) is 37.0 Å². The van der Waals surface area contributed by atoms with Crippen LogP contribution in [-0.4, -0.2) is 36.5 Å². The van der Waals surface area contributed by atoms with E-state index < -0.39 is 11.9 Å². The molecule has 28 heavy (non-hydrogen) atoms. The molecule has 1 aliphatic rings. The number of anilines is 2. The van der Waals surface area contributed by atoms with Gasteiger partial charge in [0.15, 0.2) is 0 Å². The number of benzene rings is 2. The van der Waals surface area contributed by atoms with Gasteiger partial charge in [-0.15, -0.1) is 0 Å². The van der Waals surface area contributed by atoms with Crippen LogP contribution in [0.5, 0.6) is 0 Å². The molecular formula is C21H22N2O5. The zero-order valence-corrected chi connectivity index (χ0v) is 15.8. The molecule has 3 rings (SSSR count). The average molecular weight is 382 g/mol. The molecule has 2 aromatic rings. The molecule has 0 aliphatic carbocycles. The van der Waals surface area contributed by atoms with Crippen molar-refractivity contribution in [1.29, 1.82) is 0 Å². The number of carbonyl (C=O) groups excluding carboxylic acids is 2. The molecule has 2 N–H and O–H groups in total. The van der Waals surface area contributed by atoms with Gasteiger partial charge in [0.2, 0.25) is 11.8 Å². The van der Waals surface area contributed by atoms with E-state index in [0.29, 0.717) is 11.3 Å². The van der Waals surface area contributed by atoms with Crippen molar-refractivity contribution in [3.8, 4) is 0 Å². The first-order chi connectivity index (χ1) is 13.4. The third kappa shape index (κ3) is 4.37. The SMILES string of the molecule is COCc1cc(NC(=O)C2CC(=O)N(c3ccc(C)cc3)C2)cc(C(=O)O)c1. The minimum Gasteiger partial charge on any atom is -0.478 e. The van der Waals surface area contributed by atoms with Crippen LogP contribution in [0.1, 0.15) is 27.9 Å². The maximum absolute atomic E-state index is 12.7. The number of nitrogens with zero attached hydrogens (tertiary/aromatic N) is 1. The normalized spacial score (nSPS) is 16.3. The van der Waals surface area contributed by atoms with Gasteiger partial charge in [-0.1, -0.05) is 17.7 Å². The molecule has 7 heteroatoms. The van der Waals surface area contributed by atoms with Gasteiger partial charge in [0.25, 0.3) is 0 Å². The molecule has 2 aromatic carbocycles. The van der Waals surface area contributed by atoms with E-state index >= 15 is 0 Å². The Bertz CT molecular complexity index is 908. The van der Waals surface area contributed by atoms with Crippen LogP contribution in [0.4, 0.5) is 11.4 Å². The third-order valence-electron chi connectivity index (χ3n) is 4.66. The summed E-state index contributed by atoms with van der Waals surface area (Å²) in [6.45, 7) is 2.49. The number of carbonyl (C=O) groups is 3. The summed E-state index contributed by atoms with van der Waals surface area (Å²) < 4.78 is 5.05. The maximum Gasteiger partial charge on any atom is 0.335 e. The van der Waals surface area contributed by atoms with E-state index in [2.05, 4.69) is 5.32 Å². The average Bonchev–Trinajstić information content (AvgIpc) is 3.04. The lowest BCUT2D eigenvalue weighted by Gasteiger charge is -2.17. The molecule has 7 nitrogen and oxygen atoms in total. The Morgan fingerprint density at radius 2 is 1.93 bits per heavy atom. The minimum absolute atomic E-state index is 0.0635. The van der Waals surface area contributed by atoms with Gasteiger partial charge in [0.1, 0.15) is 0 Å². The quantitative estimate of drug-likeness (QED) is 0.801. The Kier molecular flexibility index (Phi) is 5.75. The summed E-state index contributed by atoms with van der Waals surface area (Å²) >= 11 is 0. The summed E-state index contributed by atoms with van der Waals surface area (Å²) in [5.74, 6) is -2.01. The number of ether oxygens (including phenoxy) is 1. The summed E-state index contributed by atoms with van der Waals surface area (Å²) in [5.41, 5.74) is 2.93. The zero-order valence-electron chi connectivity index (χ0n) is 15.8. The van der Waals surface area contributed by atoms with Gasteiger partial charge in [0, 0.05) is 31.5 Å². The second-order valence-corrected chi connectivity index (χ2v) is 6.89. The van der Waals surface area contributed by atoms with Crippen LogP contribution in [0.25, 0.3) is 0 Å². The standard InChI is InChI=1S/C21H22N2O5/c1-13-3-5-18(6-4-13)23-11-16(10-19(23)24)20(25)22-17-8-14(12-28-2)7-15(9-17)21(26)27/h3-9,16H,10-12H2,1-2H3,(H,22,25)(H,26,27). The number of hydrogen-bond donors (Lipinski definition) is 2. The van der Waals surface area contributed by atoms with Crippen LogP contribution in [0, 0.1) is 12.8 Å². The monoisotopic (exact) mass is 382 g/mol. The number of rotatable bonds is 6. The van der Waals surface area contributed by atoms with Crippen LogP contribution >= 0.6 is 0 Å². The fourth-order valence-electron chi connectivity index (χ4n) is 3.24. The molecule has 1 saturated heterocycles. The van der Waals surface area contributed by atoms with Crippen molar-refractivity contribution in [3.05, 3.63) is 59.2 Å². The molecule has 1 unspecified atom stereocenters. The second-order valence-electron chi connectivity index (χ2n) is 6.89. The lowest BCUT2D eigenvalue weighted by atomic mass is 10.1. The second kappa shape index (κ2) is 8.22. The van der Waals surface area contributed by atoms with Gasteiger partial charge in [-0.3, -0.25) is 9.59 Å². The molecule has 2 amide bonds. The molecule has 0 spiro atoms. The number of aromatic carboxylic acids is 1. The Morgan fingerprint density at radius 3 is 2.57 bits per heavy atom. The molecule has 1 atom stereocenters. The molecule has 1 heterocycles. The summed E-state index contributed by atoms with van der Waals surface area (Å²) in [5, 5.41) is 12.0. The maximum atomic E-state index is 12.7. The van der Waals surface area contributed by atoms with E-state index in [9.17, 15) is 19.5 Å². The van der Waals surface area contributed by atoms with Crippen molar-refractivity contribution in [1.82, 2.24) is 0 Å². The van der Waals surface area contributed by atoms with Gasteiger partial charge in [0.05, 0.1) is 18.1 Å². The van der Waals surface area contributed by atoms with E-state index in [4.69, 9.17) is 4.74 Å². The number of methoxy groups -OCH3 is 1. The number of nitrogens with one attached hydrogen (secondary N) is 1. The van der Waals surface area contributed by atoms with Crippen molar-refractivity contribution in [2.45, 2.75) is 20.0 Å². The Balaban J connectivity index is 1.74. The Labute approximate surface area is 162 Å². The molecule has 0 bridgehead atoms. The van der Waals surface area contributed by atoms with Crippen LogP contribution in [0.3, 0.4) is 0 Å². The van der Waals surface area contributed by atoms with E-state index in [1.54, 1.807) is 11.0 Å². The Hall–Kier alpha value is -3.19. The van der Waals surface area contributed by atoms with Crippen molar-refractivity contribution in [3.63, 3.8) is 0 Å². The number of hydrogen-bond acceptors (Lipinski definition) is 4. The fourth-order valence-corrected chi connectivity index (χ4v) is 3.24. The lowest BCUT2D eigenvalue weighted by molar-refractivity contribution is -0.122. The highest BCUT2D eigenvalue weighted by Crippen LogP contribution is 2.26. The number of carboxylic acid groups (broad SMARTS) is 1. The van der Waals surface area contributed by atoms with Crippen LogP contribution in [-0.2, 0) is 20.9 Å². The fraction of sp³-hybridized carbons (Fsp3) is 0.286. The van der Waals surface area contributed by atoms with E-state index in [1.165, 1.54) is 19.2 Å². The zero-order chi connectivity index (χ0) is 20.3. The topological polar surface area (TPSA) is 95.9 Å². The first-order valence-electron chi connectivity index (χ1n) is 8.91. The van der Waals surface area contributed by atoms with Gasteiger partial charge < -0.3 is 20.1 Å². The smallest absolute Gasteiger partial charge is 0.335 e. The largest absolute Gasteiger partial charge is 0.478 e. The predicted molar refractivity (Wildman–Crippen MR) is 104 cm³/mol. The van der Waals surface area contributed by atoms with Crippen molar-refractivity contribution in [2.75, 3.05) is 23.9 Å². The number of aryl methyl sites for hydroxylation is 1. The highest BCUT2D eigenvalue weighted by atomic mass is 16.5. The molecular weight excluding hydrogens is 360 g/mol. The molecule has 146 valence electrons. The number of carboxylic acids is 1. The predicted octanol–water partition coefficient (Wildman–Crippen LogP) is 2.83. The first-order valence-corrected chi connectivity index (χ1v) is 8.91. The Morgan fingerprint density at radius 1 is 1.21 bits per heavy atom. The van der Waals surface area contributed by atoms with Crippen LogP contribution in [0.2, 0.25) is 0 Å². The van der Waals surface area contributed by atoms with Crippen molar-refractivity contribution >= 4 is 29.2 Å². The van der Waals surface area contributed by atoms with Crippen molar-refractivity contribution < 1.29 is 24.2 Å². The lowest BCUT2D eigenvalue weighted by Crippen LogP contribution is -2.28. The highest BCUT2D eigenvalue weighted by molar-refractivity contribution is 6.04. The molecule has 1 fully saturated rings. The summed E-state index contributed by atoms with van der Waals surface area (Å²) in [6.07, 6.45) is 0.114. The van der Waals surface area contributed by atoms with Crippen molar-refractivity contribution in [2.24, 2.45) is 5.92 Å². The van der Waals surface area contributed by atoms with Gasteiger partial charge in [-0.05, 0) is 42.8 Å². The van der Waals surface area contributed by atoms with E-state index in [0.717, 1.165) is 11.3 Å². The minimum atomic E-state index is -1.09. The third-order valence-corrected chi connectivity index (χ3v) is 4.66. The first kappa shape index (κ1) is 19.6. The summed E-state index contributed by atoms with van der Waals surface area (Å²) in [7, 11) is 1.51. The molecule has 0 saturated carbocycles. The van der Waals surface area contributed by atoms with Gasteiger partial charge >= 0.3 is 5.97 Å². The molecule has 1 aliphatic heterocycles. The molecule has 0 aromatic heterocycles. The summed E-state index contributed by atoms with van der Waals surface area (Å²) in [6, 6.07) is 12.1. The molecule has 0 radical (unpaired) electrons. The van der Waals surface area contributed by atoms with Crippen LogP contribution < -0.4 is 10.2 Å². The highest BCUT2D eigenvalue weighted by Gasteiger charge is 2.35. The van der Waals surface area contributed by atoms with Crippen LogP contribution in [0.15, 0.2) is 42.5 Å². The number of amides is 2. The van der Waals surface area contributed by atoms with Gasteiger partial charge in [-0.25, -0.2) is 4.79 Å². The van der Waals surface area contributed by atoms with E-state index in [1.807, 2.05) is 31.2 Å². The van der Waals surface area contributed by atoms with Gasteiger partial charge in [-0.2, -0.15) is 0 Å².